The number of rotatable bonds is 8. The highest BCUT2D eigenvalue weighted by atomic mass is 16.6. The molecule has 0 bridgehead atoms. The molecule has 2 heterocycles. The van der Waals surface area contributed by atoms with Crippen LogP contribution in [0.3, 0.4) is 0 Å². The number of likely N-dealkylation sites (tertiary alicyclic amines) is 2. The third-order valence-electron chi connectivity index (χ3n) is 9.67. The van der Waals surface area contributed by atoms with Gasteiger partial charge in [0.2, 0.25) is 0 Å². The van der Waals surface area contributed by atoms with E-state index in [9.17, 15) is 19.8 Å². The van der Waals surface area contributed by atoms with Crippen LogP contribution in [0.25, 0.3) is 0 Å². The van der Waals surface area contributed by atoms with E-state index < -0.39 is 16.8 Å². The molecule has 0 aliphatic carbocycles. The van der Waals surface area contributed by atoms with Gasteiger partial charge in [0.1, 0.15) is 34.3 Å². The lowest BCUT2D eigenvalue weighted by Gasteiger charge is -2.39. The number of methoxy groups -OCH3 is 1. The van der Waals surface area contributed by atoms with E-state index in [0.29, 0.717) is 75.7 Å². The number of aryl methyl sites for hydroxylation is 1. The van der Waals surface area contributed by atoms with E-state index in [4.69, 9.17) is 23.7 Å². The number of hydrogen-bond acceptors (Lipinski definition) is 9. The molecule has 2 amide bonds. The predicted octanol–water partition coefficient (Wildman–Crippen LogP) is 8.93. The molecule has 6 rings (SSSR count). The van der Waals surface area contributed by atoms with Gasteiger partial charge in [0.15, 0.2) is 0 Å². The second kappa shape index (κ2) is 17.9. The molecule has 2 N–H and O–H groups in total. The summed E-state index contributed by atoms with van der Waals surface area (Å²) in [4.78, 5) is 27.5. The van der Waals surface area contributed by atoms with Gasteiger partial charge in [-0.1, -0.05) is 54.1 Å². The third-order valence-corrected chi connectivity index (χ3v) is 9.67. The molecule has 0 saturated carbocycles. The van der Waals surface area contributed by atoms with Crippen molar-refractivity contribution in [2.45, 2.75) is 77.1 Å². The van der Waals surface area contributed by atoms with Crippen molar-refractivity contribution in [2.24, 2.45) is 0 Å². The molecule has 0 atom stereocenters. The minimum Gasteiger partial charge on any atom is -0.497 e. The molecule has 11 heteroatoms. The van der Waals surface area contributed by atoms with Crippen LogP contribution < -0.4 is 14.2 Å². The van der Waals surface area contributed by atoms with Crippen molar-refractivity contribution in [3.8, 4) is 28.7 Å². The topological polar surface area (TPSA) is 127 Å². The van der Waals surface area contributed by atoms with E-state index in [1.165, 1.54) is 0 Å². The van der Waals surface area contributed by atoms with Gasteiger partial charge in [0.05, 0.1) is 24.9 Å². The molecule has 55 heavy (non-hydrogen) atoms. The van der Waals surface area contributed by atoms with Crippen molar-refractivity contribution < 1.29 is 43.5 Å². The monoisotopic (exact) mass is 754 g/mol. The molecular weight excluding hydrogens is 700 g/mol. The molecule has 294 valence electrons. The molecule has 0 radical (unpaired) electrons. The average Bonchev–Trinajstić information content (AvgIpc) is 3.17. The van der Waals surface area contributed by atoms with Crippen molar-refractivity contribution in [1.82, 2.24) is 9.80 Å². The Hall–Kier alpha value is -5.26. The Kier molecular flexibility index (Phi) is 13.3. The van der Waals surface area contributed by atoms with Crippen LogP contribution in [0.2, 0.25) is 0 Å². The first-order valence-corrected chi connectivity index (χ1v) is 18.8. The van der Waals surface area contributed by atoms with Crippen LogP contribution in [0.1, 0.15) is 70.1 Å². The number of nitrogens with zero attached hydrogens (tertiary/aromatic N) is 2. The predicted molar refractivity (Wildman–Crippen MR) is 210 cm³/mol. The number of carbonyl (C=O) groups excluding carboxylic acids is 2. The number of carbonyl (C=O) groups is 2. The van der Waals surface area contributed by atoms with Crippen LogP contribution in [0.5, 0.6) is 28.7 Å². The quantitative estimate of drug-likeness (QED) is 0.181. The van der Waals surface area contributed by atoms with Gasteiger partial charge in [-0.3, -0.25) is 0 Å². The summed E-state index contributed by atoms with van der Waals surface area (Å²) >= 11 is 0. The molecule has 11 nitrogen and oxygen atoms in total. The Balaban J connectivity index is 0.000000212. The maximum Gasteiger partial charge on any atom is 0.410 e. The first-order valence-electron chi connectivity index (χ1n) is 18.8. The average molecular weight is 755 g/mol. The molecule has 0 unspecified atom stereocenters. The van der Waals surface area contributed by atoms with E-state index in [2.05, 4.69) is 0 Å². The zero-order valence-electron chi connectivity index (χ0n) is 32.7. The maximum atomic E-state index is 12.3. The van der Waals surface area contributed by atoms with Crippen molar-refractivity contribution in [2.75, 3.05) is 39.9 Å². The summed E-state index contributed by atoms with van der Waals surface area (Å²) in [5, 5.41) is 22.6. The molecule has 0 aromatic heterocycles. The molecule has 0 spiro atoms. The van der Waals surface area contributed by atoms with Crippen LogP contribution in [0.4, 0.5) is 9.59 Å². The number of amides is 2. The van der Waals surface area contributed by atoms with Gasteiger partial charge in [-0.2, -0.15) is 0 Å². The SMILES string of the molecule is CCOC(=O)N1CCC(O)(c2ccccc2Oc2ccc(C)cc2)CC1.COc1ccc(Oc2ccccc2C2(O)CCN(C(=O)OC(C)(C)C)CC2)cc1. The lowest BCUT2D eigenvalue weighted by atomic mass is 9.84. The van der Waals surface area contributed by atoms with Crippen molar-refractivity contribution in [3.63, 3.8) is 0 Å². The zero-order valence-corrected chi connectivity index (χ0v) is 32.7. The number of piperidine rings is 2. The van der Waals surface area contributed by atoms with Gasteiger partial charge in [-0.15, -0.1) is 0 Å². The van der Waals surface area contributed by atoms with Gasteiger partial charge in [0, 0.05) is 37.3 Å². The summed E-state index contributed by atoms with van der Waals surface area (Å²) in [5.74, 6) is 3.39. The smallest absolute Gasteiger partial charge is 0.410 e. The van der Waals surface area contributed by atoms with Gasteiger partial charge in [0.25, 0.3) is 0 Å². The summed E-state index contributed by atoms with van der Waals surface area (Å²) in [6, 6.07) is 30.1. The summed E-state index contributed by atoms with van der Waals surface area (Å²) < 4.78 is 27.7. The summed E-state index contributed by atoms with van der Waals surface area (Å²) in [6.45, 7) is 11.4. The fraction of sp³-hybridized carbons (Fsp3) is 0.409. The number of aliphatic hydroxyl groups is 2. The largest absolute Gasteiger partial charge is 0.497 e. The second-order valence-corrected chi connectivity index (χ2v) is 14.9. The van der Waals surface area contributed by atoms with Crippen LogP contribution in [-0.4, -0.2) is 77.7 Å². The molecule has 2 saturated heterocycles. The summed E-state index contributed by atoms with van der Waals surface area (Å²) in [7, 11) is 1.62. The molecule has 2 aliphatic rings. The van der Waals surface area contributed by atoms with E-state index >= 15 is 0 Å². The van der Waals surface area contributed by atoms with Crippen molar-refractivity contribution in [1.29, 1.82) is 0 Å². The maximum absolute atomic E-state index is 12.3. The second-order valence-electron chi connectivity index (χ2n) is 14.9. The summed E-state index contributed by atoms with van der Waals surface area (Å²) in [6.07, 6.45) is 1.05. The minimum atomic E-state index is -1.07. The van der Waals surface area contributed by atoms with Crippen molar-refractivity contribution >= 4 is 12.2 Å². The molecule has 4 aromatic carbocycles. The van der Waals surface area contributed by atoms with Crippen LogP contribution >= 0.6 is 0 Å². The lowest BCUT2D eigenvalue weighted by Crippen LogP contribution is -2.46. The number of benzene rings is 4. The number of hydrogen-bond donors (Lipinski definition) is 2. The molecule has 4 aromatic rings. The van der Waals surface area contributed by atoms with Gasteiger partial charge < -0.3 is 43.7 Å². The highest BCUT2D eigenvalue weighted by molar-refractivity contribution is 5.68. The number of ether oxygens (including phenoxy) is 5. The lowest BCUT2D eigenvalue weighted by molar-refractivity contribution is -0.0365. The van der Waals surface area contributed by atoms with Crippen LogP contribution in [0, 0.1) is 6.92 Å². The van der Waals surface area contributed by atoms with Gasteiger partial charge in [-0.05, 0) is 109 Å². The number of para-hydroxylation sites is 2. The van der Waals surface area contributed by atoms with Crippen LogP contribution in [-0.2, 0) is 20.7 Å². The highest BCUT2D eigenvalue weighted by Gasteiger charge is 2.39. The fourth-order valence-electron chi connectivity index (χ4n) is 6.58. The minimum absolute atomic E-state index is 0.321. The first-order chi connectivity index (χ1) is 26.2. The Labute approximate surface area is 324 Å². The normalized spacial score (nSPS) is 16.2. The Bertz CT molecular complexity index is 1860. The summed E-state index contributed by atoms with van der Waals surface area (Å²) in [5.41, 5.74) is 0.00881. The molecular formula is C44H54N2O9. The molecule has 2 fully saturated rings. The fourth-order valence-corrected chi connectivity index (χ4v) is 6.58. The van der Waals surface area contributed by atoms with E-state index in [-0.39, 0.29) is 12.2 Å². The van der Waals surface area contributed by atoms with E-state index in [1.54, 1.807) is 23.8 Å². The van der Waals surface area contributed by atoms with E-state index in [1.807, 2.05) is 125 Å². The van der Waals surface area contributed by atoms with Gasteiger partial charge >= 0.3 is 12.2 Å². The first kappa shape index (κ1) is 40.9. The van der Waals surface area contributed by atoms with E-state index in [0.717, 1.165) is 28.2 Å². The Morgan fingerprint density at radius 2 is 1.04 bits per heavy atom. The third kappa shape index (κ3) is 10.9. The standard InChI is InChI=1S/C23H29NO5.C21H25NO4/c1-22(2,3)29-21(25)24-15-13-23(26,14-16-24)19-7-5-6-8-20(19)28-18-11-9-17(27-4)10-12-18;1-3-25-20(23)22-14-12-21(24,13-15-22)18-6-4-5-7-19(18)26-17-10-8-16(2)9-11-17/h5-12,26H,13-16H2,1-4H3;4-11,24H,3,12-15H2,1-2H3. The molecule has 2 aliphatic heterocycles. The zero-order chi connectivity index (χ0) is 39.6. The Morgan fingerprint density at radius 3 is 1.45 bits per heavy atom. The van der Waals surface area contributed by atoms with Crippen LogP contribution in [0.15, 0.2) is 97.1 Å². The Morgan fingerprint density at radius 1 is 0.636 bits per heavy atom. The van der Waals surface area contributed by atoms with Gasteiger partial charge in [-0.25, -0.2) is 9.59 Å². The highest BCUT2D eigenvalue weighted by Crippen LogP contribution is 2.41. The van der Waals surface area contributed by atoms with Crippen molar-refractivity contribution in [3.05, 3.63) is 114 Å².